The predicted octanol–water partition coefficient (Wildman–Crippen LogP) is 3.70. The molecule has 3 aromatic heterocycles. The molecule has 0 radical (unpaired) electrons. The van der Waals surface area contributed by atoms with Gasteiger partial charge in [0.1, 0.15) is 0 Å². The highest BCUT2D eigenvalue weighted by Gasteiger charge is 2.10. The van der Waals surface area contributed by atoms with Crippen LogP contribution in [0.2, 0.25) is 0 Å². The minimum atomic E-state index is -0.178. The van der Waals surface area contributed by atoms with Gasteiger partial charge < -0.3 is 0 Å². The Kier molecular flexibility index (Phi) is 4.53. The fourth-order valence-corrected chi connectivity index (χ4v) is 3.20. The van der Waals surface area contributed by atoms with Crippen LogP contribution < -0.4 is 5.32 Å². The molecule has 4 rings (SSSR count). The second-order valence-corrected chi connectivity index (χ2v) is 6.49. The van der Waals surface area contributed by atoms with Gasteiger partial charge in [0.15, 0.2) is 5.13 Å². The molecule has 0 aliphatic carbocycles. The van der Waals surface area contributed by atoms with Crippen molar-refractivity contribution in [3.63, 3.8) is 0 Å². The molecule has 6 nitrogen and oxygen atoms in total. The van der Waals surface area contributed by atoms with Crippen LogP contribution in [0.4, 0.5) is 5.13 Å². The summed E-state index contributed by atoms with van der Waals surface area (Å²) in [7, 11) is 0. The van der Waals surface area contributed by atoms with Gasteiger partial charge >= 0.3 is 0 Å². The van der Waals surface area contributed by atoms with E-state index in [4.69, 9.17) is 0 Å². The molecule has 0 spiro atoms. The Balaban J connectivity index is 1.42. The molecule has 7 heteroatoms. The van der Waals surface area contributed by atoms with Crippen molar-refractivity contribution in [2.75, 3.05) is 5.32 Å². The molecular weight excluding hydrogens is 346 g/mol. The minimum absolute atomic E-state index is 0.178. The zero-order chi connectivity index (χ0) is 17.8. The van der Waals surface area contributed by atoms with Crippen molar-refractivity contribution in [1.82, 2.24) is 19.7 Å². The lowest BCUT2D eigenvalue weighted by atomic mass is 10.1. The van der Waals surface area contributed by atoms with E-state index >= 15 is 0 Å². The lowest BCUT2D eigenvalue weighted by molar-refractivity contribution is 0.102. The molecule has 1 aromatic carbocycles. The van der Waals surface area contributed by atoms with Crippen molar-refractivity contribution >= 4 is 22.4 Å². The lowest BCUT2D eigenvalue weighted by Gasteiger charge is -2.05. The first kappa shape index (κ1) is 16.2. The van der Waals surface area contributed by atoms with Crippen molar-refractivity contribution in [3.8, 4) is 11.3 Å². The Morgan fingerprint density at radius 1 is 1.12 bits per heavy atom. The largest absolute Gasteiger partial charge is 0.298 e. The van der Waals surface area contributed by atoms with E-state index in [0.717, 1.165) is 16.8 Å². The van der Waals surface area contributed by atoms with E-state index in [1.165, 1.54) is 11.3 Å². The minimum Gasteiger partial charge on any atom is -0.298 e. The van der Waals surface area contributed by atoms with Gasteiger partial charge in [0.25, 0.3) is 5.91 Å². The number of nitrogens with one attached hydrogen (secondary N) is 1. The van der Waals surface area contributed by atoms with Gasteiger partial charge in [0, 0.05) is 41.3 Å². The van der Waals surface area contributed by atoms with E-state index in [1.54, 1.807) is 18.6 Å². The average Bonchev–Trinajstić information content (AvgIpc) is 3.35. The highest BCUT2D eigenvalue weighted by molar-refractivity contribution is 7.14. The molecular formula is C19H15N5OS. The zero-order valence-electron chi connectivity index (χ0n) is 13.7. The van der Waals surface area contributed by atoms with Gasteiger partial charge in [-0.2, -0.15) is 5.10 Å². The van der Waals surface area contributed by atoms with Crippen LogP contribution >= 0.6 is 11.3 Å². The number of rotatable bonds is 5. The summed E-state index contributed by atoms with van der Waals surface area (Å²) in [6.45, 7) is 0.676. The molecule has 0 unspecified atom stereocenters. The summed E-state index contributed by atoms with van der Waals surface area (Å²) in [6, 6.07) is 13.2. The number of benzene rings is 1. The molecule has 1 amide bonds. The number of pyridine rings is 1. The summed E-state index contributed by atoms with van der Waals surface area (Å²) < 4.78 is 1.84. The van der Waals surface area contributed by atoms with Crippen molar-refractivity contribution in [3.05, 3.63) is 83.8 Å². The summed E-state index contributed by atoms with van der Waals surface area (Å²) in [5.74, 6) is -0.178. The molecule has 128 valence electrons. The molecule has 0 saturated heterocycles. The standard InChI is InChI=1S/C19H15N5OS/c25-18(15-6-4-14(5-7-15)12-24-10-2-9-21-24)23-19-22-17(13-26-19)16-3-1-8-20-11-16/h1-11,13H,12H2,(H,22,23,25). The maximum absolute atomic E-state index is 12.4. The van der Waals surface area contributed by atoms with Gasteiger partial charge in [0.05, 0.1) is 12.2 Å². The quantitative estimate of drug-likeness (QED) is 0.588. The molecule has 4 aromatic rings. The molecule has 0 fully saturated rings. The number of nitrogens with zero attached hydrogens (tertiary/aromatic N) is 4. The van der Waals surface area contributed by atoms with Crippen molar-refractivity contribution < 1.29 is 4.79 Å². The summed E-state index contributed by atoms with van der Waals surface area (Å²) in [6.07, 6.45) is 7.12. The number of thiazole rings is 1. The second-order valence-electron chi connectivity index (χ2n) is 5.63. The number of carbonyl (C=O) groups excluding carboxylic acids is 1. The van der Waals surface area contributed by atoms with Crippen LogP contribution in [-0.2, 0) is 6.54 Å². The summed E-state index contributed by atoms with van der Waals surface area (Å²) >= 11 is 1.39. The third-order valence-corrected chi connectivity index (χ3v) is 4.56. The van der Waals surface area contributed by atoms with Crippen LogP contribution in [0.3, 0.4) is 0 Å². The van der Waals surface area contributed by atoms with Gasteiger partial charge in [-0.15, -0.1) is 11.3 Å². The maximum Gasteiger partial charge on any atom is 0.257 e. The number of amides is 1. The maximum atomic E-state index is 12.4. The Morgan fingerprint density at radius 2 is 2.00 bits per heavy atom. The van der Waals surface area contributed by atoms with Crippen molar-refractivity contribution in [2.24, 2.45) is 0 Å². The van der Waals surface area contributed by atoms with Gasteiger partial charge in [0.2, 0.25) is 0 Å². The first-order chi connectivity index (χ1) is 12.8. The number of aromatic nitrogens is 4. The SMILES string of the molecule is O=C(Nc1nc(-c2cccnc2)cs1)c1ccc(Cn2cccn2)cc1. The predicted molar refractivity (Wildman–Crippen MR) is 101 cm³/mol. The highest BCUT2D eigenvalue weighted by Crippen LogP contribution is 2.24. The van der Waals surface area contributed by atoms with Crippen LogP contribution in [0, 0.1) is 0 Å². The highest BCUT2D eigenvalue weighted by atomic mass is 32.1. The molecule has 0 saturated carbocycles. The van der Waals surface area contributed by atoms with Crippen molar-refractivity contribution in [2.45, 2.75) is 6.54 Å². The summed E-state index contributed by atoms with van der Waals surface area (Å²) in [5.41, 5.74) is 3.39. The number of hydrogen-bond acceptors (Lipinski definition) is 5. The number of carbonyl (C=O) groups is 1. The summed E-state index contributed by atoms with van der Waals surface area (Å²) in [4.78, 5) is 20.9. The van der Waals surface area contributed by atoms with Gasteiger partial charge in [-0.1, -0.05) is 12.1 Å². The van der Waals surface area contributed by atoms with Crippen LogP contribution in [0.1, 0.15) is 15.9 Å². The monoisotopic (exact) mass is 361 g/mol. The van der Waals surface area contributed by atoms with Gasteiger partial charge in [-0.3, -0.25) is 19.8 Å². The van der Waals surface area contributed by atoms with Crippen LogP contribution in [0.25, 0.3) is 11.3 Å². The van der Waals surface area contributed by atoms with E-state index in [1.807, 2.05) is 58.7 Å². The van der Waals surface area contributed by atoms with Crippen LogP contribution in [0.15, 0.2) is 72.6 Å². The molecule has 3 heterocycles. The Hall–Kier alpha value is -3.32. The molecule has 0 bridgehead atoms. The Bertz CT molecular complexity index is 994. The van der Waals surface area contributed by atoms with Gasteiger partial charge in [-0.25, -0.2) is 4.98 Å². The zero-order valence-corrected chi connectivity index (χ0v) is 14.6. The lowest BCUT2D eigenvalue weighted by Crippen LogP contribution is -2.11. The van der Waals surface area contributed by atoms with Crippen molar-refractivity contribution in [1.29, 1.82) is 0 Å². The molecule has 1 N–H and O–H groups in total. The van der Waals surface area contributed by atoms with E-state index in [9.17, 15) is 4.79 Å². The molecule has 26 heavy (non-hydrogen) atoms. The van der Waals surface area contributed by atoms with Crippen LogP contribution in [-0.4, -0.2) is 25.7 Å². The van der Waals surface area contributed by atoms with E-state index in [2.05, 4.69) is 20.4 Å². The smallest absolute Gasteiger partial charge is 0.257 e. The first-order valence-corrected chi connectivity index (χ1v) is 8.89. The third-order valence-electron chi connectivity index (χ3n) is 3.80. The molecule has 0 aliphatic rings. The molecule has 0 aliphatic heterocycles. The fraction of sp³-hybridized carbons (Fsp3) is 0.0526. The number of hydrogen-bond donors (Lipinski definition) is 1. The Morgan fingerprint density at radius 3 is 2.73 bits per heavy atom. The van der Waals surface area contributed by atoms with Crippen LogP contribution in [0.5, 0.6) is 0 Å². The molecule has 0 atom stereocenters. The normalized spacial score (nSPS) is 10.6. The third kappa shape index (κ3) is 3.68. The fourth-order valence-electron chi connectivity index (χ4n) is 2.49. The second kappa shape index (κ2) is 7.28. The summed E-state index contributed by atoms with van der Waals surface area (Å²) in [5, 5.41) is 9.49. The van der Waals surface area contributed by atoms with E-state index < -0.39 is 0 Å². The number of anilines is 1. The first-order valence-electron chi connectivity index (χ1n) is 8.01. The van der Waals surface area contributed by atoms with E-state index in [-0.39, 0.29) is 5.91 Å². The Labute approximate surface area is 154 Å². The van der Waals surface area contributed by atoms with Gasteiger partial charge in [-0.05, 0) is 35.9 Å². The average molecular weight is 361 g/mol. The van der Waals surface area contributed by atoms with E-state index in [0.29, 0.717) is 17.2 Å². The topological polar surface area (TPSA) is 72.7 Å².